The summed E-state index contributed by atoms with van der Waals surface area (Å²) in [4.78, 5) is 37.9. The van der Waals surface area contributed by atoms with Crippen molar-refractivity contribution < 1.29 is 23.9 Å². The highest BCUT2D eigenvalue weighted by Crippen LogP contribution is 2.41. The van der Waals surface area contributed by atoms with Crippen LogP contribution in [0.2, 0.25) is 0 Å². The number of urea groups is 1. The number of hydrogen-bond acceptors (Lipinski definition) is 8. The van der Waals surface area contributed by atoms with Crippen molar-refractivity contribution in [3.63, 3.8) is 0 Å². The van der Waals surface area contributed by atoms with Crippen LogP contribution in [0.4, 0.5) is 4.79 Å². The van der Waals surface area contributed by atoms with Crippen molar-refractivity contribution in [2.24, 2.45) is 0 Å². The van der Waals surface area contributed by atoms with Crippen LogP contribution >= 0.6 is 23.5 Å². The molecule has 30 heavy (non-hydrogen) atoms. The standard InChI is InChI=1S/C18H17N5O5S2/c24-14-12(21-17(27)19-6-10-4-2-1-3-5-10)15-23(14)13(16(25)26)11(7-29-15)8-30-18-22-20-9-28-18/h1-5,9,12,15H,6-8H2,(H,25,26)(H2,19,21,27)/t12?,15-/m1/s1. The number of nitrogens with one attached hydrogen (secondary N) is 2. The Morgan fingerprint density at radius 3 is 2.83 bits per heavy atom. The minimum Gasteiger partial charge on any atom is -0.477 e. The van der Waals surface area contributed by atoms with Gasteiger partial charge in [-0.15, -0.1) is 22.0 Å². The van der Waals surface area contributed by atoms with Gasteiger partial charge in [0.05, 0.1) is 0 Å². The average Bonchev–Trinajstić information content (AvgIpc) is 3.28. The maximum atomic E-state index is 12.6. The zero-order valence-corrected chi connectivity index (χ0v) is 17.1. The summed E-state index contributed by atoms with van der Waals surface area (Å²) in [6.07, 6.45) is 1.19. The van der Waals surface area contributed by atoms with Gasteiger partial charge in [0.25, 0.3) is 11.1 Å². The van der Waals surface area contributed by atoms with Gasteiger partial charge in [0.2, 0.25) is 6.39 Å². The highest BCUT2D eigenvalue weighted by molar-refractivity contribution is 8.01. The molecule has 156 valence electrons. The van der Waals surface area contributed by atoms with Crippen molar-refractivity contribution in [2.75, 3.05) is 11.5 Å². The Morgan fingerprint density at radius 2 is 2.13 bits per heavy atom. The minimum atomic E-state index is -1.18. The molecule has 2 atom stereocenters. The van der Waals surface area contributed by atoms with Crippen molar-refractivity contribution in [1.29, 1.82) is 0 Å². The number of β-lactam (4-membered cyclic amide) rings is 1. The van der Waals surface area contributed by atoms with Crippen molar-refractivity contribution >= 4 is 41.4 Å². The van der Waals surface area contributed by atoms with E-state index in [1.165, 1.54) is 34.8 Å². The minimum absolute atomic E-state index is 0.0430. The van der Waals surface area contributed by atoms with E-state index in [4.69, 9.17) is 4.42 Å². The normalized spacial score (nSPS) is 20.4. The SMILES string of the molecule is O=C(NCc1ccccc1)NC1C(=O)N2C(C(=O)O)=C(CSc3nnco3)CS[C@H]12. The molecular weight excluding hydrogens is 430 g/mol. The number of nitrogens with zero attached hydrogens (tertiary/aromatic N) is 3. The van der Waals surface area contributed by atoms with E-state index in [1.54, 1.807) is 0 Å². The van der Waals surface area contributed by atoms with Crippen LogP contribution in [0.15, 0.2) is 57.6 Å². The van der Waals surface area contributed by atoms with Gasteiger partial charge in [0.15, 0.2) is 0 Å². The Bertz CT molecular complexity index is 982. The Kier molecular flexibility index (Phi) is 5.95. The third-order valence-electron chi connectivity index (χ3n) is 4.54. The Labute approximate surface area is 179 Å². The highest BCUT2D eigenvalue weighted by atomic mass is 32.2. The first-order valence-corrected chi connectivity index (χ1v) is 11.0. The first-order valence-electron chi connectivity index (χ1n) is 8.92. The van der Waals surface area contributed by atoms with Crippen molar-refractivity contribution in [2.45, 2.75) is 23.2 Å². The van der Waals surface area contributed by atoms with Gasteiger partial charge < -0.3 is 20.2 Å². The van der Waals surface area contributed by atoms with E-state index >= 15 is 0 Å². The third kappa shape index (κ3) is 4.14. The summed E-state index contributed by atoms with van der Waals surface area (Å²) in [5, 5.41) is 22.2. The van der Waals surface area contributed by atoms with Crippen LogP contribution in [-0.2, 0) is 16.1 Å². The van der Waals surface area contributed by atoms with E-state index in [0.717, 1.165) is 5.56 Å². The summed E-state index contributed by atoms with van der Waals surface area (Å²) in [7, 11) is 0. The molecule has 3 N–H and O–H groups in total. The molecule has 10 nitrogen and oxygen atoms in total. The maximum absolute atomic E-state index is 12.6. The molecule has 2 aromatic rings. The zero-order chi connectivity index (χ0) is 21.1. The first-order chi connectivity index (χ1) is 14.5. The molecule has 0 radical (unpaired) electrons. The molecule has 0 aliphatic carbocycles. The number of aliphatic carboxylic acids is 1. The monoisotopic (exact) mass is 447 g/mol. The predicted octanol–water partition coefficient (Wildman–Crippen LogP) is 1.28. The summed E-state index contributed by atoms with van der Waals surface area (Å²) in [5.41, 5.74) is 1.48. The first kappa shape index (κ1) is 20.3. The van der Waals surface area contributed by atoms with E-state index in [9.17, 15) is 19.5 Å². The summed E-state index contributed by atoms with van der Waals surface area (Å²) >= 11 is 2.62. The van der Waals surface area contributed by atoms with Crippen LogP contribution in [0.1, 0.15) is 5.56 Å². The van der Waals surface area contributed by atoms with E-state index in [0.29, 0.717) is 28.8 Å². The van der Waals surface area contributed by atoms with Crippen LogP contribution in [0, 0.1) is 0 Å². The molecule has 1 saturated heterocycles. The van der Waals surface area contributed by atoms with Crippen molar-refractivity contribution in [1.82, 2.24) is 25.7 Å². The smallest absolute Gasteiger partial charge is 0.352 e. The number of carbonyl (C=O) groups excluding carboxylic acids is 2. The quantitative estimate of drug-likeness (QED) is 0.423. The molecule has 4 rings (SSSR count). The largest absolute Gasteiger partial charge is 0.477 e. The van der Waals surface area contributed by atoms with E-state index < -0.39 is 29.3 Å². The number of carboxylic acid groups (broad SMARTS) is 1. The second-order valence-corrected chi connectivity index (χ2v) is 8.48. The molecule has 1 aromatic carbocycles. The lowest BCUT2D eigenvalue weighted by Gasteiger charge is -2.49. The van der Waals surface area contributed by atoms with E-state index in [2.05, 4.69) is 20.8 Å². The van der Waals surface area contributed by atoms with Crippen LogP contribution in [-0.4, -0.2) is 61.0 Å². The fourth-order valence-corrected chi connectivity index (χ4v) is 5.37. The molecule has 1 aromatic heterocycles. The number of carboxylic acids is 1. The van der Waals surface area contributed by atoms with Gasteiger partial charge in [-0.1, -0.05) is 42.1 Å². The van der Waals surface area contributed by atoms with Gasteiger partial charge >= 0.3 is 12.0 Å². The van der Waals surface area contributed by atoms with Gasteiger partial charge in [-0.25, -0.2) is 9.59 Å². The topological polar surface area (TPSA) is 138 Å². The van der Waals surface area contributed by atoms with Gasteiger partial charge in [-0.3, -0.25) is 9.69 Å². The fraction of sp³-hybridized carbons (Fsp3) is 0.278. The fourth-order valence-electron chi connectivity index (χ4n) is 3.14. The van der Waals surface area contributed by atoms with Crippen molar-refractivity contribution in [3.8, 4) is 0 Å². The molecule has 0 spiro atoms. The lowest BCUT2D eigenvalue weighted by molar-refractivity contribution is -0.148. The van der Waals surface area contributed by atoms with E-state index in [1.807, 2.05) is 30.3 Å². The Morgan fingerprint density at radius 1 is 1.33 bits per heavy atom. The summed E-state index contributed by atoms with van der Waals surface area (Å²) in [6.45, 7) is 0.326. The average molecular weight is 447 g/mol. The number of carbonyl (C=O) groups is 3. The Hall–Kier alpha value is -2.99. The molecule has 3 amide bonds. The zero-order valence-electron chi connectivity index (χ0n) is 15.5. The van der Waals surface area contributed by atoms with Gasteiger partial charge in [0, 0.05) is 18.1 Å². The van der Waals surface area contributed by atoms with E-state index in [-0.39, 0.29) is 5.70 Å². The second kappa shape index (κ2) is 8.79. The molecule has 3 heterocycles. The molecule has 12 heteroatoms. The third-order valence-corrected chi connectivity index (χ3v) is 6.80. The Balaban J connectivity index is 1.38. The molecule has 0 bridgehead atoms. The summed E-state index contributed by atoms with van der Waals surface area (Å²) in [5.74, 6) is -0.897. The molecule has 0 saturated carbocycles. The number of amides is 3. The lowest BCUT2D eigenvalue weighted by atomic mass is 10.0. The molecule has 2 aliphatic heterocycles. The number of fused-ring (bicyclic) bond motifs is 1. The van der Waals surface area contributed by atoms with Crippen LogP contribution < -0.4 is 10.6 Å². The molecule has 1 fully saturated rings. The summed E-state index contributed by atoms with van der Waals surface area (Å²) < 4.78 is 5.05. The lowest BCUT2D eigenvalue weighted by Crippen LogP contribution is -2.71. The van der Waals surface area contributed by atoms with Crippen LogP contribution in [0.25, 0.3) is 0 Å². The second-order valence-electron chi connectivity index (χ2n) is 6.45. The van der Waals surface area contributed by atoms with Crippen LogP contribution in [0.5, 0.6) is 0 Å². The number of hydrogen-bond donors (Lipinski definition) is 3. The molecular formula is C18H17N5O5S2. The van der Waals surface area contributed by atoms with Gasteiger partial charge in [-0.2, -0.15) is 0 Å². The number of benzene rings is 1. The predicted molar refractivity (Wildman–Crippen MR) is 108 cm³/mol. The highest BCUT2D eigenvalue weighted by Gasteiger charge is 2.54. The van der Waals surface area contributed by atoms with Crippen molar-refractivity contribution in [3.05, 3.63) is 53.6 Å². The van der Waals surface area contributed by atoms with Gasteiger partial charge in [0.1, 0.15) is 17.1 Å². The summed E-state index contributed by atoms with van der Waals surface area (Å²) in [6, 6.07) is 8.13. The van der Waals surface area contributed by atoms with Gasteiger partial charge in [-0.05, 0) is 11.1 Å². The number of aromatic nitrogens is 2. The maximum Gasteiger partial charge on any atom is 0.352 e. The number of thioether (sulfide) groups is 2. The number of rotatable bonds is 7. The molecule has 1 unspecified atom stereocenters. The molecule has 2 aliphatic rings. The van der Waals surface area contributed by atoms with Crippen LogP contribution in [0.3, 0.4) is 0 Å².